The van der Waals surface area contributed by atoms with Gasteiger partial charge in [-0.25, -0.2) is 0 Å². The van der Waals surface area contributed by atoms with Crippen LogP contribution in [0.4, 0.5) is 0 Å². The van der Waals surface area contributed by atoms with E-state index in [9.17, 15) is 14.4 Å². The van der Waals surface area contributed by atoms with Crippen molar-refractivity contribution in [3.05, 3.63) is 35.5 Å². The van der Waals surface area contributed by atoms with Crippen molar-refractivity contribution in [2.75, 3.05) is 0 Å². The first-order chi connectivity index (χ1) is 13.0. The number of esters is 1. The second-order valence-corrected chi connectivity index (χ2v) is 9.76. The molecular weight excluding hydrogens is 352 g/mol. The molecule has 0 heterocycles. The van der Waals surface area contributed by atoms with Gasteiger partial charge in [-0.05, 0) is 68.6 Å². The molecule has 2 fully saturated rings. The van der Waals surface area contributed by atoms with Crippen LogP contribution >= 0.6 is 0 Å². The van der Waals surface area contributed by atoms with Gasteiger partial charge >= 0.3 is 5.97 Å². The fourth-order valence-corrected chi connectivity index (χ4v) is 6.81. The van der Waals surface area contributed by atoms with Crippen LogP contribution in [0, 0.1) is 28.6 Å². The van der Waals surface area contributed by atoms with Gasteiger partial charge in [-0.3, -0.25) is 14.4 Å². The summed E-state index contributed by atoms with van der Waals surface area (Å²) >= 11 is 0. The van der Waals surface area contributed by atoms with E-state index in [4.69, 9.17) is 4.74 Å². The summed E-state index contributed by atoms with van der Waals surface area (Å²) in [6.07, 6.45) is 11.0. The molecule has 0 aromatic carbocycles. The number of carbonyl (C=O) groups excluding carboxylic acids is 3. The minimum atomic E-state index is -1.07. The average Bonchev–Trinajstić information content (AvgIpc) is 2.60. The Balaban J connectivity index is 1.81. The van der Waals surface area contributed by atoms with Crippen molar-refractivity contribution in [3.8, 4) is 0 Å². The Hall–Kier alpha value is -1.97. The molecule has 0 bridgehead atoms. The molecule has 0 aromatic rings. The monoisotopic (exact) mass is 382 g/mol. The zero-order valence-electron chi connectivity index (χ0n) is 17.5. The molecule has 4 aliphatic rings. The van der Waals surface area contributed by atoms with Gasteiger partial charge in [-0.1, -0.05) is 31.6 Å². The molecule has 4 heteroatoms. The molecule has 0 radical (unpaired) electrons. The fourth-order valence-electron chi connectivity index (χ4n) is 6.81. The van der Waals surface area contributed by atoms with Gasteiger partial charge < -0.3 is 4.74 Å². The van der Waals surface area contributed by atoms with Crippen molar-refractivity contribution in [3.63, 3.8) is 0 Å². The molecule has 2 saturated carbocycles. The van der Waals surface area contributed by atoms with Gasteiger partial charge in [-0.2, -0.15) is 0 Å². The second-order valence-electron chi connectivity index (χ2n) is 9.76. The van der Waals surface area contributed by atoms with Crippen molar-refractivity contribution in [2.45, 2.75) is 65.9 Å². The van der Waals surface area contributed by atoms with Crippen LogP contribution in [0.1, 0.15) is 60.3 Å². The molecule has 28 heavy (non-hydrogen) atoms. The van der Waals surface area contributed by atoms with Crippen molar-refractivity contribution >= 4 is 17.5 Å². The van der Waals surface area contributed by atoms with Crippen molar-refractivity contribution in [2.24, 2.45) is 28.6 Å². The zero-order chi connectivity index (χ0) is 20.5. The molecule has 4 rings (SSSR count). The Morgan fingerprint density at radius 1 is 1.14 bits per heavy atom. The first-order valence-electron chi connectivity index (χ1n) is 10.4. The Morgan fingerprint density at radius 3 is 2.54 bits per heavy atom. The first kappa shape index (κ1) is 19.4. The summed E-state index contributed by atoms with van der Waals surface area (Å²) in [7, 11) is 0. The van der Waals surface area contributed by atoms with Gasteiger partial charge in [0.15, 0.2) is 17.2 Å². The molecule has 0 spiro atoms. The maximum absolute atomic E-state index is 12.9. The normalized spacial score (nSPS) is 44.7. The Bertz CT molecular complexity index is 862. The number of hydrogen-bond donors (Lipinski definition) is 0. The number of carbonyl (C=O) groups is 3. The summed E-state index contributed by atoms with van der Waals surface area (Å²) in [6.45, 7) is 9.71. The van der Waals surface area contributed by atoms with E-state index in [0.717, 1.165) is 30.4 Å². The van der Waals surface area contributed by atoms with E-state index in [1.807, 2.05) is 6.92 Å². The lowest BCUT2D eigenvalue weighted by Gasteiger charge is -2.61. The van der Waals surface area contributed by atoms with Crippen molar-refractivity contribution < 1.29 is 19.1 Å². The van der Waals surface area contributed by atoms with Crippen LogP contribution in [0.2, 0.25) is 0 Å². The predicted octanol–water partition coefficient (Wildman–Crippen LogP) is 4.35. The van der Waals surface area contributed by atoms with Gasteiger partial charge in [0.2, 0.25) is 0 Å². The smallest absolute Gasteiger partial charge is 0.303 e. The van der Waals surface area contributed by atoms with E-state index in [1.54, 1.807) is 12.2 Å². The summed E-state index contributed by atoms with van der Waals surface area (Å²) in [5, 5.41) is 0. The lowest BCUT2D eigenvalue weighted by Crippen LogP contribution is -2.64. The van der Waals surface area contributed by atoms with Crippen LogP contribution in [0.5, 0.6) is 0 Å². The highest BCUT2D eigenvalue weighted by Gasteiger charge is 2.64. The number of Topliss-reactive ketones (excluding diaryl/α,β-unsaturated/α-hetero) is 1. The summed E-state index contributed by atoms with van der Waals surface area (Å²) in [5.74, 6) is 0.687. The Labute approximate surface area is 167 Å². The molecule has 0 aromatic heterocycles. The summed E-state index contributed by atoms with van der Waals surface area (Å²) < 4.78 is 5.74. The Morgan fingerprint density at radius 2 is 1.86 bits per heavy atom. The molecule has 0 saturated heterocycles. The number of ether oxygens (including phenoxy) is 1. The highest BCUT2D eigenvalue weighted by molar-refractivity contribution is 6.02. The SMILES string of the molecule is CC(=O)O[C@]1(C)C(=O)CCC2C3C=C(C)C4=CC(=O)C=C[C@]4(C)C3CC[C@@]21C. The average molecular weight is 383 g/mol. The Kier molecular flexibility index (Phi) is 4.16. The number of fused-ring (bicyclic) bond motifs is 5. The standard InChI is InChI=1S/C24H30O4/c1-14-12-17-18(22(3)10-8-16(26)13-20(14)22)9-11-23(4)19(17)6-7-21(27)24(23,5)28-15(2)25/h8,10,12-13,17-19H,6-7,9,11H2,1-5H3/t17?,18?,19?,22-,23+,24-/m1/s1. The van der Waals surface area contributed by atoms with Crippen molar-refractivity contribution in [1.82, 2.24) is 0 Å². The molecule has 6 atom stereocenters. The second kappa shape index (κ2) is 6.01. The van der Waals surface area contributed by atoms with Gasteiger partial charge in [-0.15, -0.1) is 0 Å². The summed E-state index contributed by atoms with van der Waals surface area (Å²) in [4.78, 5) is 36.8. The van der Waals surface area contributed by atoms with Gasteiger partial charge in [0, 0.05) is 24.2 Å². The lowest BCUT2D eigenvalue weighted by atomic mass is 9.43. The predicted molar refractivity (Wildman–Crippen MR) is 106 cm³/mol. The molecule has 4 aliphatic carbocycles. The third-order valence-electron chi connectivity index (χ3n) is 8.47. The molecule has 0 amide bonds. The van der Waals surface area contributed by atoms with E-state index < -0.39 is 5.60 Å². The maximum atomic E-state index is 12.9. The minimum absolute atomic E-state index is 0.0476. The third-order valence-corrected chi connectivity index (χ3v) is 8.47. The van der Waals surface area contributed by atoms with E-state index in [-0.39, 0.29) is 34.3 Å². The van der Waals surface area contributed by atoms with Crippen molar-refractivity contribution in [1.29, 1.82) is 0 Å². The molecule has 4 nitrogen and oxygen atoms in total. The zero-order valence-corrected chi connectivity index (χ0v) is 17.5. The molecule has 0 N–H and O–H groups in total. The van der Waals surface area contributed by atoms with E-state index in [1.165, 1.54) is 6.92 Å². The summed E-state index contributed by atoms with van der Waals surface area (Å²) in [6, 6.07) is 0. The molecular formula is C24H30O4. The first-order valence-corrected chi connectivity index (χ1v) is 10.4. The number of hydrogen-bond acceptors (Lipinski definition) is 4. The number of rotatable bonds is 1. The van der Waals surface area contributed by atoms with E-state index in [2.05, 4.69) is 32.9 Å². The number of allylic oxidation sites excluding steroid dienone is 6. The van der Waals surface area contributed by atoms with Crippen LogP contribution in [0.3, 0.4) is 0 Å². The fraction of sp³-hybridized carbons (Fsp3) is 0.625. The van der Waals surface area contributed by atoms with Gasteiger partial charge in [0.25, 0.3) is 0 Å². The van der Waals surface area contributed by atoms with E-state index >= 15 is 0 Å². The van der Waals surface area contributed by atoms with Crippen LogP contribution in [-0.2, 0) is 19.1 Å². The molecule has 3 unspecified atom stereocenters. The topological polar surface area (TPSA) is 60.4 Å². The third kappa shape index (κ3) is 2.39. The minimum Gasteiger partial charge on any atom is -0.451 e. The summed E-state index contributed by atoms with van der Waals surface area (Å²) in [5.41, 5.74) is 0.705. The van der Waals surface area contributed by atoms with Gasteiger partial charge in [0.1, 0.15) is 0 Å². The van der Waals surface area contributed by atoms with Crippen LogP contribution in [-0.4, -0.2) is 23.1 Å². The maximum Gasteiger partial charge on any atom is 0.303 e. The van der Waals surface area contributed by atoms with Crippen LogP contribution in [0.15, 0.2) is 35.5 Å². The molecule has 150 valence electrons. The number of ketones is 2. The lowest BCUT2D eigenvalue weighted by molar-refractivity contribution is -0.202. The van der Waals surface area contributed by atoms with Gasteiger partial charge in [0.05, 0.1) is 0 Å². The van der Waals surface area contributed by atoms with E-state index in [0.29, 0.717) is 18.3 Å². The van der Waals surface area contributed by atoms with Crippen LogP contribution < -0.4 is 0 Å². The highest BCUT2D eigenvalue weighted by Crippen LogP contribution is 2.65. The largest absolute Gasteiger partial charge is 0.451 e. The quantitative estimate of drug-likeness (QED) is 0.633. The highest BCUT2D eigenvalue weighted by atomic mass is 16.6. The molecule has 0 aliphatic heterocycles. The van der Waals surface area contributed by atoms with Crippen LogP contribution in [0.25, 0.3) is 0 Å².